The number of hydrogen-bond acceptors (Lipinski definition) is 13. The fraction of sp³-hybridized carbons (Fsp3) is 0.413. The Hall–Kier alpha value is -8.22. The second kappa shape index (κ2) is 27.3. The van der Waals surface area contributed by atoms with Gasteiger partial charge in [0.2, 0.25) is 35.4 Å². The number of carbonyl (C=O) groups is 8. The number of halogens is 2. The van der Waals surface area contributed by atoms with Crippen LogP contribution in [0, 0.1) is 24.0 Å². The molecule has 22 nitrogen and oxygen atoms in total. The molecule has 10 N–H and O–H groups in total. The third-order valence-electron chi connectivity index (χ3n) is 16.4. The van der Waals surface area contributed by atoms with Crippen molar-refractivity contribution in [2.24, 2.45) is 11.1 Å². The molecule has 89 heavy (non-hydrogen) atoms. The highest BCUT2D eigenvalue weighted by Crippen LogP contribution is 2.41. The van der Waals surface area contributed by atoms with Crippen LogP contribution in [0.15, 0.2) is 84.4 Å². The highest BCUT2D eigenvalue weighted by atomic mass is 32.1. The minimum absolute atomic E-state index is 0.00620. The van der Waals surface area contributed by atoms with Crippen LogP contribution < -0.4 is 36.6 Å². The Kier molecular flexibility index (Phi) is 20.0. The van der Waals surface area contributed by atoms with Gasteiger partial charge in [-0.15, -0.1) is 11.3 Å². The molecule has 5 heterocycles. The molecule has 2 aromatic heterocycles. The van der Waals surface area contributed by atoms with E-state index in [2.05, 4.69) is 31.2 Å². The summed E-state index contributed by atoms with van der Waals surface area (Å²) in [6, 6.07) is 14.5. The molecule has 0 unspecified atom stereocenters. The van der Waals surface area contributed by atoms with Gasteiger partial charge in [-0.05, 0) is 116 Å². The Labute approximate surface area is 515 Å². The number of hydrogen-bond donors (Lipinski definition) is 9. The quantitative estimate of drug-likeness (QED) is 0.0231. The number of aromatic nitrogens is 2. The molecule has 1 fully saturated rings. The molecule has 0 spiro atoms. The van der Waals surface area contributed by atoms with Crippen molar-refractivity contribution in [3.8, 4) is 16.2 Å². The van der Waals surface area contributed by atoms with Gasteiger partial charge in [0.1, 0.15) is 42.3 Å². The predicted octanol–water partition coefficient (Wildman–Crippen LogP) is 6.50. The van der Waals surface area contributed by atoms with Gasteiger partial charge in [-0.2, -0.15) is 0 Å². The second-order valence-corrected chi connectivity index (χ2v) is 26.4. The zero-order valence-electron chi connectivity index (χ0n) is 49.8. The molecule has 7 amide bonds. The molecule has 9 rings (SSSR count). The molecule has 6 aromatic rings. The van der Waals surface area contributed by atoms with E-state index in [0.717, 1.165) is 39.4 Å². The summed E-state index contributed by atoms with van der Waals surface area (Å²) in [5, 5.41) is 22.5. The molecule has 3 aliphatic heterocycles. The number of anilines is 1. The van der Waals surface area contributed by atoms with Crippen LogP contribution in [0.25, 0.3) is 21.3 Å². The van der Waals surface area contributed by atoms with E-state index < -0.39 is 126 Å². The largest absolute Gasteiger partial charge is 0.488 e. The first-order valence-electron chi connectivity index (χ1n) is 29.4. The molecule has 0 bridgehead atoms. The Morgan fingerprint density at radius 2 is 1.64 bits per heavy atom. The standard InChI is InChI=1S/C63H72F2N9O13PS/c1-33(35-14-16-37(17-15-35)55-34(2)67-32-89-55)68-58(79)48-29-44(75)30-73(48)61(82)56(63(3,4)5)72-52(77)13-8-6-7-10-38-25-42(64)28-50(53(38)65)87-31-43(20-23-51(66)76)69-59(80)49-27-39-12-9-11-36-18-22-46(60(81)74(49)54(36)39)71-57(78)47-26-41-24-40(19-21-45(41)70-47)62(83)88(84,85)86/h9,11-12,14-17,19,21,24-26,28,32-33,43-44,46,48-49,56,70,75H,6-8,10,13,18,20,22-23,27,29-31H2,1-5H3,(H2,66,76)(H,68,79)(H,69,80)(H,71,78)(H,72,77)(H2,84,85,86)/t33-,43-,44+,46-,48-,49-,56+/m0/s1. The average Bonchev–Trinajstić information content (AvgIpc) is 1.83. The van der Waals surface area contributed by atoms with Gasteiger partial charge >= 0.3 is 7.60 Å². The van der Waals surface area contributed by atoms with Crippen molar-refractivity contribution in [3.63, 3.8) is 0 Å². The van der Waals surface area contributed by atoms with Gasteiger partial charge in [0.15, 0.2) is 11.6 Å². The SMILES string of the molecule is Cc1ncsc1-c1ccc([C@H](C)NC(=O)[C@@H]2C[C@@H](O)CN2C(=O)[C@@H](NC(=O)CCCCCc2cc(F)cc(OC[C@H](CCC(N)=O)NC(=O)[C@@H]3Cc4cccc5c4N3C(=O)[C@@H](NC(=O)c3cc4cc(C(=O)P(=O)(O)O)ccc4[nH]3)CC5)c2F)C(C)(C)C)cc1. The molecule has 0 saturated carbocycles. The van der Waals surface area contributed by atoms with E-state index in [0.29, 0.717) is 47.8 Å². The average molecular weight is 1260 g/mol. The number of benzene rings is 4. The number of aliphatic hydroxyl groups excluding tert-OH is 1. The van der Waals surface area contributed by atoms with E-state index >= 15 is 8.78 Å². The zero-order chi connectivity index (χ0) is 64.2. The normalized spacial score (nSPS) is 18.4. The number of nitrogens with one attached hydrogen (secondary N) is 5. The van der Waals surface area contributed by atoms with Gasteiger partial charge in [-0.1, -0.05) is 69.7 Å². The summed E-state index contributed by atoms with van der Waals surface area (Å²) in [5.74, 6) is -6.21. The van der Waals surface area contributed by atoms with Gasteiger partial charge in [0.05, 0.1) is 40.0 Å². The second-order valence-electron chi connectivity index (χ2n) is 24.1. The number of ether oxygens (including phenoxy) is 1. The summed E-state index contributed by atoms with van der Waals surface area (Å²) in [7, 11) is -5.09. The maximum Gasteiger partial charge on any atom is 0.396 e. The molecule has 3 aliphatic rings. The number of rotatable bonds is 24. The first kappa shape index (κ1) is 65.2. The van der Waals surface area contributed by atoms with E-state index in [9.17, 15) is 57.8 Å². The fourth-order valence-corrected chi connectivity index (χ4v) is 13.0. The lowest BCUT2D eigenvalue weighted by Gasteiger charge is -2.35. The number of aromatic amines is 1. The minimum Gasteiger partial charge on any atom is -0.488 e. The Morgan fingerprint density at radius 1 is 0.910 bits per heavy atom. The number of aryl methyl sites for hydroxylation is 3. The summed E-state index contributed by atoms with van der Waals surface area (Å²) < 4.78 is 48.8. The number of thiazole rings is 1. The zero-order valence-corrected chi connectivity index (χ0v) is 51.5. The molecular formula is C63H72F2N9O13PS. The lowest BCUT2D eigenvalue weighted by molar-refractivity contribution is -0.144. The van der Waals surface area contributed by atoms with Crippen LogP contribution in [0.2, 0.25) is 0 Å². The van der Waals surface area contributed by atoms with Crippen molar-refractivity contribution in [2.45, 2.75) is 148 Å². The van der Waals surface area contributed by atoms with E-state index in [1.807, 2.05) is 44.2 Å². The molecule has 7 atom stereocenters. The van der Waals surface area contributed by atoms with Gasteiger partial charge in [0.25, 0.3) is 11.4 Å². The van der Waals surface area contributed by atoms with E-state index in [1.54, 1.807) is 38.4 Å². The first-order chi connectivity index (χ1) is 42.1. The number of primary amides is 1. The van der Waals surface area contributed by atoms with Crippen molar-refractivity contribution in [2.75, 3.05) is 18.1 Å². The number of aliphatic hydroxyl groups is 1. The summed E-state index contributed by atoms with van der Waals surface area (Å²) in [6.45, 7) is 8.58. The van der Waals surface area contributed by atoms with Crippen LogP contribution in [0.4, 0.5) is 14.5 Å². The molecular weight excluding hydrogens is 1190 g/mol. The Morgan fingerprint density at radius 3 is 2.34 bits per heavy atom. The fourth-order valence-electron chi connectivity index (χ4n) is 11.7. The van der Waals surface area contributed by atoms with Crippen molar-refractivity contribution in [3.05, 3.63) is 135 Å². The summed E-state index contributed by atoms with van der Waals surface area (Å²) in [6.07, 6.45) is 0.399. The van der Waals surface area contributed by atoms with E-state index in [4.69, 9.17) is 10.5 Å². The van der Waals surface area contributed by atoms with E-state index in [1.165, 1.54) is 45.4 Å². The number of H-pyrrole nitrogens is 1. The maximum absolute atomic E-state index is 16.2. The summed E-state index contributed by atoms with van der Waals surface area (Å²) in [5.41, 5.74) is 9.89. The van der Waals surface area contributed by atoms with Crippen molar-refractivity contribution in [1.29, 1.82) is 0 Å². The van der Waals surface area contributed by atoms with Crippen LogP contribution in [0.1, 0.15) is 134 Å². The number of nitrogens with two attached hydrogens (primary N) is 1. The smallest absolute Gasteiger partial charge is 0.396 e. The predicted molar refractivity (Wildman–Crippen MR) is 326 cm³/mol. The first-order valence-corrected chi connectivity index (χ1v) is 31.9. The number of para-hydroxylation sites is 1. The highest BCUT2D eigenvalue weighted by molar-refractivity contribution is 7.70. The number of nitrogens with zero attached hydrogens (tertiary/aromatic N) is 3. The van der Waals surface area contributed by atoms with Gasteiger partial charge < -0.3 is 56.5 Å². The van der Waals surface area contributed by atoms with Crippen molar-refractivity contribution >= 4 is 82.4 Å². The summed E-state index contributed by atoms with van der Waals surface area (Å²) in [4.78, 5) is 138. The number of fused-ring (bicyclic) bond motifs is 1. The van der Waals surface area contributed by atoms with Crippen LogP contribution in [-0.4, -0.2) is 126 Å². The van der Waals surface area contributed by atoms with E-state index in [-0.39, 0.29) is 68.3 Å². The molecule has 26 heteroatoms. The van der Waals surface area contributed by atoms with Crippen LogP contribution in [0.5, 0.6) is 5.75 Å². The monoisotopic (exact) mass is 1260 g/mol. The molecule has 472 valence electrons. The van der Waals surface area contributed by atoms with Crippen LogP contribution in [-0.2, 0) is 52.6 Å². The molecule has 1 saturated heterocycles. The number of amides is 7. The molecule has 0 radical (unpaired) electrons. The number of β-amino-alcohol motifs (C(OH)–C–C–N with tert-alkyl or cyclic N) is 1. The summed E-state index contributed by atoms with van der Waals surface area (Å²) >= 11 is 1.54. The third-order valence-corrected chi connectivity index (χ3v) is 18.2. The van der Waals surface area contributed by atoms with Gasteiger partial charge in [-0.3, -0.25) is 47.8 Å². The number of carbonyl (C=O) groups excluding carboxylic acids is 8. The third kappa shape index (κ3) is 15.3. The van der Waals surface area contributed by atoms with Gasteiger partial charge in [0, 0.05) is 54.8 Å². The number of likely N-dealkylation sites (tertiary alicyclic amines) is 1. The molecule has 0 aliphatic carbocycles. The topological polar surface area (TPSA) is 333 Å². The lowest BCUT2D eigenvalue weighted by Crippen LogP contribution is -2.57. The number of unbranched alkanes of at least 4 members (excludes halogenated alkanes) is 2. The Balaban J connectivity index is 0.780. The lowest BCUT2D eigenvalue weighted by atomic mass is 9.85. The van der Waals surface area contributed by atoms with Crippen LogP contribution >= 0.6 is 18.9 Å². The van der Waals surface area contributed by atoms with Crippen LogP contribution in [0.3, 0.4) is 0 Å². The molecule has 4 aromatic carbocycles. The Bertz CT molecular complexity index is 3770. The minimum atomic E-state index is -5.09. The van der Waals surface area contributed by atoms with Gasteiger partial charge in [-0.25, -0.2) is 13.8 Å². The van der Waals surface area contributed by atoms with Crippen molar-refractivity contribution in [1.82, 2.24) is 36.1 Å². The van der Waals surface area contributed by atoms with Crippen molar-refractivity contribution < 1.29 is 71.3 Å². The highest BCUT2D eigenvalue weighted by Gasteiger charge is 2.46. The maximum atomic E-state index is 16.2.